The first kappa shape index (κ1) is 20.7. The van der Waals surface area contributed by atoms with E-state index in [0.717, 1.165) is 36.8 Å². The zero-order chi connectivity index (χ0) is 20.8. The SMILES string of the molecule is COc1cc(CC(=O)N[C@H]2CC[C@H](OC(=O)c3ccc(C)cc3)CC2)ccc1O. The van der Waals surface area contributed by atoms with Crippen LogP contribution in [0, 0.1) is 6.92 Å². The maximum absolute atomic E-state index is 12.3. The molecule has 1 amide bonds. The maximum Gasteiger partial charge on any atom is 0.338 e. The third-order valence-corrected chi connectivity index (χ3v) is 5.21. The fourth-order valence-corrected chi connectivity index (χ4v) is 3.53. The predicted octanol–water partition coefficient (Wildman–Crippen LogP) is 3.54. The molecule has 0 aliphatic heterocycles. The number of amides is 1. The van der Waals surface area contributed by atoms with Gasteiger partial charge in [0, 0.05) is 6.04 Å². The molecule has 6 nitrogen and oxygen atoms in total. The molecule has 6 heteroatoms. The fraction of sp³-hybridized carbons (Fsp3) is 0.391. The molecule has 1 aliphatic rings. The van der Waals surface area contributed by atoms with Gasteiger partial charge in [0.15, 0.2) is 11.5 Å². The Morgan fingerprint density at radius 2 is 1.76 bits per heavy atom. The summed E-state index contributed by atoms with van der Waals surface area (Å²) in [5.74, 6) is 0.0398. The second kappa shape index (κ2) is 9.45. The van der Waals surface area contributed by atoms with Gasteiger partial charge in [0.05, 0.1) is 19.1 Å². The van der Waals surface area contributed by atoms with Gasteiger partial charge in [0.1, 0.15) is 6.10 Å². The lowest BCUT2D eigenvalue weighted by atomic mass is 9.92. The van der Waals surface area contributed by atoms with E-state index >= 15 is 0 Å². The van der Waals surface area contributed by atoms with Crippen molar-refractivity contribution in [3.8, 4) is 11.5 Å². The molecule has 0 atom stereocenters. The van der Waals surface area contributed by atoms with E-state index in [0.29, 0.717) is 11.3 Å². The number of methoxy groups -OCH3 is 1. The number of carbonyl (C=O) groups excluding carboxylic acids is 2. The molecule has 0 saturated heterocycles. The number of phenolic OH excluding ortho intramolecular Hbond substituents is 1. The van der Waals surface area contributed by atoms with Crippen LogP contribution < -0.4 is 10.1 Å². The lowest BCUT2D eigenvalue weighted by Crippen LogP contribution is -2.40. The van der Waals surface area contributed by atoms with Gasteiger partial charge in [-0.15, -0.1) is 0 Å². The highest BCUT2D eigenvalue weighted by Crippen LogP contribution is 2.27. The summed E-state index contributed by atoms with van der Waals surface area (Å²) >= 11 is 0. The number of aromatic hydroxyl groups is 1. The van der Waals surface area contributed by atoms with Gasteiger partial charge in [-0.1, -0.05) is 23.8 Å². The van der Waals surface area contributed by atoms with E-state index in [2.05, 4.69) is 5.32 Å². The smallest absolute Gasteiger partial charge is 0.338 e. The van der Waals surface area contributed by atoms with Crippen molar-refractivity contribution in [3.05, 3.63) is 59.2 Å². The van der Waals surface area contributed by atoms with E-state index in [1.165, 1.54) is 13.2 Å². The van der Waals surface area contributed by atoms with Crippen molar-refractivity contribution in [2.45, 2.75) is 51.2 Å². The van der Waals surface area contributed by atoms with Crippen molar-refractivity contribution in [2.24, 2.45) is 0 Å². The van der Waals surface area contributed by atoms with Crippen LogP contribution in [0.15, 0.2) is 42.5 Å². The average molecular weight is 397 g/mol. The summed E-state index contributed by atoms with van der Waals surface area (Å²) in [7, 11) is 1.48. The standard InChI is InChI=1S/C23H27NO5/c1-15-3-6-17(7-4-15)23(27)29-19-10-8-18(9-11-19)24-22(26)14-16-5-12-20(25)21(13-16)28-2/h3-7,12-13,18-19,25H,8-11,14H2,1-2H3,(H,24,26)/t18-,19-. The third kappa shape index (κ3) is 5.73. The summed E-state index contributed by atoms with van der Waals surface area (Å²) in [5, 5.41) is 12.7. The van der Waals surface area contributed by atoms with Crippen molar-refractivity contribution in [3.63, 3.8) is 0 Å². The van der Waals surface area contributed by atoms with Crippen LogP contribution in [0.3, 0.4) is 0 Å². The topological polar surface area (TPSA) is 84.9 Å². The first-order chi connectivity index (χ1) is 13.9. The Labute approximate surface area is 170 Å². The van der Waals surface area contributed by atoms with Crippen LogP contribution in [0.5, 0.6) is 11.5 Å². The number of esters is 1. The summed E-state index contributed by atoms with van der Waals surface area (Å²) in [4.78, 5) is 24.6. The highest BCUT2D eigenvalue weighted by atomic mass is 16.5. The molecule has 2 aromatic carbocycles. The molecule has 1 saturated carbocycles. The normalized spacial score (nSPS) is 18.7. The van der Waals surface area contributed by atoms with Gasteiger partial charge in [-0.25, -0.2) is 4.79 Å². The zero-order valence-corrected chi connectivity index (χ0v) is 16.8. The predicted molar refractivity (Wildman–Crippen MR) is 109 cm³/mol. The second-order valence-electron chi connectivity index (χ2n) is 7.50. The molecule has 1 aliphatic carbocycles. The van der Waals surface area contributed by atoms with E-state index in [9.17, 15) is 14.7 Å². The van der Waals surface area contributed by atoms with Gasteiger partial charge in [0.2, 0.25) is 5.91 Å². The van der Waals surface area contributed by atoms with E-state index < -0.39 is 0 Å². The first-order valence-electron chi connectivity index (χ1n) is 9.87. The molecule has 0 bridgehead atoms. The minimum absolute atomic E-state index is 0.0511. The molecule has 154 valence electrons. The van der Waals surface area contributed by atoms with Gasteiger partial charge in [0.25, 0.3) is 0 Å². The molecule has 1 fully saturated rings. The molecule has 2 aromatic rings. The van der Waals surface area contributed by atoms with Crippen LogP contribution in [0.1, 0.15) is 47.2 Å². The summed E-state index contributed by atoms with van der Waals surface area (Å²) in [5.41, 5.74) is 2.44. The zero-order valence-electron chi connectivity index (χ0n) is 16.8. The largest absolute Gasteiger partial charge is 0.504 e. The maximum atomic E-state index is 12.3. The van der Waals surface area contributed by atoms with Crippen LogP contribution in [-0.4, -0.2) is 36.2 Å². The molecule has 2 N–H and O–H groups in total. The van der Waals surface area contributed by atoms with Crippen molar-refractivity contribution < 1.29 is 24.2 Å². The average Bonchev–Trinajstić information content (AvgIpc) is 2.71. The number of aryl methyl sites for hydroxylation is 1. The van der Waals surface area contributed by atoms with Crippen molar-refractivity contribution in [1.29, 1.82) is 0 Å². The molecule has 0 radical (unpaired) electrons. The van der Waals surface area contributed by atoms with Gasteiger partial charge in [-0.05, 0) is 62.4 Å². The van der Waals surface area contributed by atoms with E-state index in [4.69, 9.17) is 9.47 Å². The number of benzene rings is 2. The van der Waals surface area contributed by atoms with Crippen molar-refractivity contribution >= 4 is 11.9 Å². The number of nitrogens with one attached hydrogen (secondary N) is 1. The minimum Gasteiger partial charge on any atom is -0.504 e. The lowest BCUT2D eigenvalue weighted by molar-refractivity contribution is -0.121. The minimum atomic E-state index is -0.293. The number of phenols is 1. The molecule has 3 rings (SSSR count). The Bertz CT molecular complexity index is 854. The van der Waals surface area contributed by atoms with Crippen LogP contribution in [0.25, 0.3) is 0 Å². The van der Waals surface area contributed by atoms with Crippen LogP contribution >= 0.6 is 0 Å². The van der Waals surface area contributed by atoms with E-state index in [1.54, 1.807) is 24.3 Å². The summed E-state index contributed by atoms with van der Waals surface area (Å²) in [6.45, 7) is 1.98. The Balaban J connectivity index is 1.44. The molecule has 0 aromatic heterocycles. The van der Waals surface area contributed by atoms with E-state index in [1.807, 2.05) is 19.1 Å². The second-order valence-corrected chi connectivity index (χ2v) is 7.50. The number of rotatable bonds is 6. The third-order valence-electron chi connectivity index (χ3n) is 5.21. The lowest BCUT2D eigenvalue weighted by Gasteiger charge is -2.29. The fourth-order valence-electron chi connectivity index (χ4n) is 3.53. The molecule has 0 heterocycles. The molecule has 0 spiro atoms. The van der Waals surface area contributed by atoms with E-state index in [-0.39, 0.29) is 36.2 Å². The Hall–Kier alpha value is -3.02. The van der Waals surface area contributed by atoms with Gasteiger partial charge < -0.3 is 19.9 Å². The van der Waals surface area contributed by atoms with Gasteiger partial charge >= 0.3 is 5.97 Å². The number of hydrogen-bond donors (Lipinski definition) is 2. The Kier molecular flexibility index (Phi) is 6.75. The van der Waals surface area contributed by atoms with Gasteiger partial charge in [-0.2, -0.15) is 0 Å². The highest BCUT2D eigenvalue weighted by Gasteiger charge is 2.25. The Morgan fingerprint density at radius 1 is 1.07 bits per heavy atom. The first-order valence-corrected chi connectivity index (χ1v) is 9.87. The molecule has 29 heavy (non-hydrogen) atoms. The highest BCUT2D eigenvalue weighted by molar-refractivity contribution is 5.89. The quantitative estimate of drug-likeness (QED) is 0.729. The van der Waals surface area contributed by atoms with Crippen LogP contribution in [-0.2, 0) is 16.0 Å². The Morgan fingerprint density at radius 3 is 2.41 bits per heavy atom. The number of ether oxygens (including phenoxy) is 2. The number of carbonyl (C=O) groups is 2. The van der Waals surface area contributed by atoms with Crippen LogP contribution in [0.4, 0.5) is 0 Å². The molecular formula is C23H27NO5. The summed E-state index contributed by atoms with van der Waals surface area (Å²) < 4.78 is 10.7. The number of hydrogen-bond acceptors (Lipinski definition) is 5. The van der Waals surface area contributed by atoms with Crippen LogP contribution in [0.2, 0.25) is 0 Å². The van der Waals surface area contributed by atoms with Crippen molar-refractivity contribution in [2.75, 3.05) is 7.11 Å². The van der Waals surface area contributed by atoms with Crippen molar-refractivity contribution in [1.82, 2.24) is 5.32 Å². The summed E-state index contributed by atoms with van der Waals surface area (Å²) in [6, 6.07) is 12.3. The monoisotopic (exact) mass is 397 g/mol. The summed E-state index contributed by atoms with van der Waals surface area (Å²) in [6.07, 6.45) is 3.12. The molecular weight excluding hydrogens is 370 g/mol. The molecule has 0 unspecified atom stereocenters. The van der Waals surface area contributed by atoms with Gasteiger partial charge in [-0.3, -0.25) is 4.79 Å².